The first-order chi connectivity index (χ1) is 5.88. The summed E-state index contributed by atoms with van der Waals surface area (Å²) in [4.78, 5) is 2.72. The molecule has 1 atom stereocenters. The summed E-state index contributed by atoms with van der Waals surface area (Å²) >= 11 is 0. The third-order valence-corrected chi connectivity index (χ3v) is 3.38. The molecule has 14 heavy (non-hydrogen) atoms. The van der Waals surface area contributed by atoms with Crippen LogP contribution in [0.25, 0.3) is 0 Å². The molecule has 1 N–H and O–H groups in total. The first-order valence-corrected chi connectivity index (χ1v) is 5.34. The van der Waals surface area contributed by atoms with Gasteiger partial charge in [0.15, 0.2) is 0 Å². The highest BCUT2D eigenvalue weighted by molar-refractivity contribution is 5.85. The van der Waals surface area contributed by atoms with Crippen molar-refractivity contribution < 1.29 is 0 Å². The molecule has 86 valence electrons. The number of piperidine rings is 1. The molecule has 2 fully saturated rings. The number of hydrogen-bond acceptors (Lipinski definition) is 2. The van der Waals surface area contributed by atoms with E-state index in [-0.39, 0.29) is 24.8 Å². The van der Waals surface area contributed by atoms with Crippen LogP contribution < -0.4 is 5.32 Å². The van der Waals surface area contributed by atoms with Gasteiger partial charge < -0.3 is 5.32 Å². The van der Waals surface area contributed by atoms with Gasteiger partial charge in [0.1, 0.15) is 0 Å². The van der Waals surface area contributed by atoms with E-state index in [9.17, 15) is 0 Å². The van der Waals surface area contributed by atoms with Gasteiger partial charge >= 0.3 is 0 Å². The summed E-state index contributed by atoms with van der Waals surface area (Å²) in [7, 11) is 0. The molecule has 1 unspecified atom stereocenters. The van der Waals surface area contributed by atoms with Crippen LogP contribution in [0, 0.1) is 0 Å². The second-order valence-corrected chi connectivity index (χ2v) is 4.21. The van der Waals surface area contributed by atoms with Gasteiger partial charge in [0.05, 0.1) is 0 Å². The minimum atomic E-state index is 0. The molecule has 0 spiro atoms. The molecule has 2 aliphatic rings. The standard InChI is InChI=1S/C10H20N2.2ClH/c1-9-3-2-8-12(9)10-4-6-11-7-5-10;;/h9-11H,2-8H2,1H3;2*1H. The van der Waals surface area contributed by atoms with E-state index in [0.717, 1.165) is 12.1 Å². The second kappa shape index (κ2) is 6.89. The van der Waals surface area contributed by atoms with E-state index in [2.05, 4.69) is 17.1 Å². The van der Waals surface area contributed by atoms with Crippen molar-refractivity contribution in [3.05, 3.63) is 0 Å². The van der Waals surface area contributed by atoms with E-state index in [1.54, 1.807) is 0 Å². The van der Waals surface area contributed by atoms with Gasteiger partial charge in [-0.2, -0.15) is 0 Å². The van der Waals surface area contributed by atoms with Crippen LogP contribution in [0.2, 0.25) is 0 Å². The minimum absolute atomic E-state index is 0. The summed E-state index contributed by atoms with van der Waals surface area (Å²) in [6, 6.07) is 1.75. The predicted molar refractivity (Wildman–Crippen MR) is 65.8 cm³/mol. The number of nitrogens with one attached hydrogen (secondary N) is 1. The maximum atomic E-state index is 3.43. The molecule has 2 aliphatic heterocycles. The fraction of sp³-hybridized carbons (Fsp3) is 1.00. The average Bonchev–Trinajstić information content (AvgIpc) is 2.53. The van der Waals surface area contributed by atoms with Crippen LogP contribution in [0.15, 0.2) is 0 Å². The Labute approximate surface area is 99.6 Å². The highest BCUT2D eigenvalue weighted by Crippen LogP contribution is 2.23. The number of nitrogens with zero attached hydrogens (tertiary/aromatic N) is 1. The number of hydrogen-bond donors (Lipinski definition) is 1. The van der Waals surface area contributed by atoms with E-state index < -0.39 is 0 Å². The predicted octanol–water partition coefficient (Wildman–Crippen LogP) is 2.07. The van der Waals surface area contributed by atoms with Gasteiger partial charge in [-0.1, -0.05) is 0 Å². The van der Waals surface area contributed by atoms with Crippen molar-refractivity contribution in [2.45, 2.75) is 44.7 Å². The van der Waals surface area contributed by atoms with Crippen LogP contribution in [0.5, 0.6) is 0 Å². The zero-order chi connectivity index (χ0) is 8.39. The van der Waals surface area contributed by atoms with Crippen LogP contribution >= 0.6 is 24.8 Å². The summed E-state index contributed by atoms with van der Waals surface area (Å²) in [6.07, 6.45) is 5.57. The number of likely N-dealkylation sites (tertiary alicyclic amines) is 1. The first kappa shape index (κ1) is 14.5. The molecular weight excluding hydrogens is 219 g/mol. The molecule has 0 radical (unpaired) electrons. The largest absolute Gasteiger partial charge is 0.317 e. The maximum absolute atomic E-state index is 3.43. The van der Waals surface area contributed by atoms with Gasteiger partial charge in [-0.05, 0) is 52.2 Å². The number of rotatable bonds is 1. The molecular formula is C10H22Cl2N2. The Morgan fingerprint density at radius 1 is 1.07 bits per heavy atom. The molecule has 0 aromatic rings. The van der Waals surface area contributed by atoms with Crippen LogP contribution in [0.3, 0.4) is 0 Å². The molecule has 2 saturated heterocycles. The monoisotopic (exact) mass is 240 g/mol. The Morgan fingerprint density at radius 3 is 2.21 bits per heavy atom. The zero-order valence-corrected chi connectivity index (χ0v) is 10.5. The van der Waals surface area contributed by atoms with E-state index in [1.807, 2.05) is 0 Å². The van der Waals surface area contributed by atoms with Crippen LogP contribution in [-0.4, -0.2) is 36.6 Å². The number of halogens is 2. The lowest BCUT2D eigenvalue weighted by Crippen LogP contribution is -2.44. The smallest absolute Gasteiger partial charge is 0.0122 e. The van der Waals surface area contributed by atoms with Crippen molar-refractivity contribution >= 4 is 24.8 Å². The third-order valence-electron chi connectivity index (χ3n) is 3.38. The molecule has 0 saturated carbocycles. The lowest BCUT2D eigenvalue weighted by Gasteiger charge is -2.34. The minimum Gasteiger partial charge on any atom is -0.317 e. The van der Waals surface area contributed by atoms with E-state index >= 15 is 0 Å². The lowest BCUT2D eigenvalue weighted by atomic mass is 10.0. The molecule has 2 nitrogen and oxygen atoms in total. The van der Waals surface area contributed by atoms with E-state index in [4.69, 9.17) is 0 Å². The highest BCUT2D eigenvalue weighted by atomic mass is 35.5. The zero-order valence-electron chi connectivity index (χ0n) is 8.87. The van der Waals surface area contributed by atoms with Crippen molar-refractivity contribution in [1.29, 1.82) is 0 Å². The van der Waals surface area contributed by atoms with Gasteiger partial charge in [-0.25, -0.2) is 0 Å². The van der Waals surface area contributed by atoms with Crippen molar-refractivity contribution in [3.63, 3.8) is 0 Å². The average molecular weight is 241 g/mol. The maximum Gasteiger partial charge on any atom is 0.0122 e. The first-order valence-electron chi connectivity index (χ1n) is 5.34. The molecule has 0 aromatic carbocycles. The van der Waals surface area contributed by atoms with Gasteiger partial charge in [-0.3, -0.25) is 4.90 Å². The molecule has 0 amide bonds. The second-order valence-electron chi connectivity index (χ2n) is 4.21. The molecule has 2 heterocycles. The Morgan fingerprint density at radius 2 is 1.71 bits per heavy atom. The molecule has 0 bridgehead atoms. The quantitative estimate of drug-likeness (QED) is 0.756. The van der Waals surface area contributed by atoms with Crippen LogP contribution in [0.1, 0.15) is 32.6 Å². The third kappa shape index (κ3) is 3.27. The van der Waals surface area contributed by atoms with Gasteiger partial charge in [0, 0.05) is 12.1 Å². The van der Waals surface area contributed by atoms with Crippen LogP contribution in [0.4, 0.5) is 0 Å². The fourth-order valence-electron chi connectivity index (χ4n) is 2.64. The summed E-state index contributed by atoms with van der Waals surface area (Å²) in [5.74, 6) is 0. The van der Waals surface area contributed by atoms with Crippen molar-refractivity contribution in [1.82, 2.24) is 10.2 Å². The Balaban J connectivity index is 0.000000845. The fourth-order valence-corrected chi connectivity index (χ4v) is 2.64. The SMILES string of the molecule is CC1CCCN1C1CCNCC1.Cl.Cl. The summed E-state index contributed by atoms with van der Waals surface area (Å²) < 4.78 is 0. The van der Waals surface area contributed by atoms with E-state index in [0.29, 0.717) is 0 Å². The van der Waals surface area contributed by atoms with Crippen molar-refractivity contribution in [3.8, 4) is 0 Å². The molecule has 0 aromatic heterocycles. The lowest BCUT2D eigenvalue weighted by molar-refractivity contribution is 0.156. The van der Waals surface area contributed by atoms with Gasteiger partial charge in [0.25, 0.3) is 0 Å². The Bertz CT molecular complexity index is 149. The normalized spacial score (nSPS) is 29.4. The Hall–Kier alpha value is 0.500. The van der Waals surface area contributed by atoms with Gasteiger partial charge in [0.2, 0.25) is 0 Å². The highest BCUT2D eigenvalue weighted by Gasteiger charge is 2.28. The molecule has 2 rings (SSSR count). The van der Waals surface area contributed by atoms with E-state index in [1.165, 1.54) is 45.3 Å². The summed E-state index contributed by atoms with van der Waals surface area (Å²) in [6.45, 7) is 6.20. The van der Waals surface area contributed by atoms with Crippen molar-refractivity contribution in [2.75, 3.05) is 19.6 Å². The topological polar surface area (TPSA) is 15.3 Å². The van der Waals surface area contributed by atoms with Gasteiger partial charge in [-0.15, -0.1) is 24.8 Å². The van der Waals surface area contributed by atoms with Crippen molar-refractivity contribution in [2.24, 2.45) is 0 Å². The molecule has 4 heteroatoms. The Kier molecular flexibility index (Phi) is 7.13. The summed E-state index contributed by atoms with van der Waals surface area (Å²) in [5.41, 5.74) is 0. The molecule has 0 aliphatic carbocycles. The van der Waals surface area contributed by atoms with Crippen LogP contribution in [-0.2, 0) is 0 Å². The summed E-state index contributed by atoms with van der Waals surface area (Å²) in [5, 5.41) is 3.43.